The minimum Gasteiger partial charge on any atom is -0.392 e. The summed E-state index contributed by atoms with van der Waals surface area (Å²) in [5, 5.41) is 6.49. The molecule has 2 aliphatic rings. The van der Waals surface area contributed by atoms with Crippen LogP contribution in [0.1, 0.15) is 44.1 Å². The van der Waals surface area contributed by atoms with Crippen LogP contribution in [0.5, 0.6) is 0 Å². The Bertz CT molecular complexity index is 1050. The van der Waals surface area contributed by atoms with Crippen molar-refractivity contribution in [2.24, 2.45) is 5.16 Å². The smallest absolute Gasteiger partial charge is 0.279 e. The first-order valence-corrected chi connectivity index (χ1v) is 12.1. The van der Waals surface area contributed by atoms with E-state index in [0.29, 0.717) is 23.0 Å². The number of benzene rings is 1. The van der Waals surface area contributed by atoms with Crippen LogP contribution in [0.2, 0.25) is 0 Å². The normalized spacial score (nSPS) is 17.7. The van der Waals surface area contributed by atoms with Crippen molar-refractivity contribution in [1.82, 2.24) is 9.97 Å². The topological polar surface area (TPSA) is 111 Å². The molecule has 158 valence electrons. The maximum Gasteiger partial charge on any atom is 0.279 e. The predicted molar refractivity (Wildman–Crippen MR) is 115 cm³/mol. The Morgan fingerprint density at radius 1 is 1.07 bits per heavy atom. The quantitative estimate of drug-likeness (QED) is 0.467. The summed E-state index contributed by atoms with van der Waals surface area (Å²) in [4.78, 5) is 26.9. The third kappa shape index (κ3) is 4.86. The summed E-state index contributed by atoms with van der Waals surface area (Å²) >= 11 is 3.20. The molecule has 0 atom stereocenters. The number of nitrogens with zero attached hydrogens (tertiary/aromatic N) is 3. The van der Waals surface area contributed by atoms with Crippen molar-refractivity contribution < 1.29 is 18.0 Å². The van der Waals surface area contributed by atoms with Crippen LogP contribution in [0.3, 0.4) is 0 Å². The molecule has 0 spiro atoms. The van der Waals surface area contributed by atoms with Gasteiger partial charge in [-0.15, -0.1) is 0 Å². The van der Waals surface area contributed by atoms with E-state index in [4.69, 9.17) is 4.84 Å². The van der Waals surface area contributed by atoms with E-state index in [9.17, 15) is 13.2 Å². The fourth-order valence-electron chi connectivity index (χ4n) is 3.27. The molecule has 2 aromatic rings. The van der Waals surface area contributed by atoms with Crippen molar-refractivity contribution in [1.29, 1.82) is 0 Å². The highest BCUT2D eigenvalue weighted by molar-refractivity contribution is 9.10. The average molecular weight is 493 g/mol. The first-order valence-electron chi connectivity index (χ1n) is 9.80. The van der Waals surface area contributed by atoms with E-state index < -0.39 is 15.7 Å². The van der Waals surface area contributed by atoms with Crippen molar-refractivity contribution in [3.05, 3.63) is 46.8 Å². The van der Waals surface area contributed by atoms with E-state index in [0.717, 1.165) is 25.7 Å². The minimum atomic E-state index is -3.30. The molecule has 30 heavy (non-hydrogen) atoms. The van der Waals surface area contributed by atoms with Crippen LogP contribution in [0.15, 0.2) is 51.3 Å². The summed E-state index contributed by atoms with van der Waals surface area (Å²) in [6.45, 7) is 0. The maximum absolute atomic E-state index is 12.9. The molecular formula is C20H21BrN4O4S. The standard InChI is InChI=1S/C20H21BrN4O4S/c21-17-11-23-18(12-22-17)24-20(26)19(25-29-14-3-1-2-4-14)13-5-7-15(8-6-13)30(27,28)16-9-10-16/h5-8,11-12,14,16H,1-4,9-10H2,(H,23,24,26)/b25-19+. The zero-order valence-corrected chi connectivity index (χ0v) is 18.5. The van der Waals surface area contributed by atoms with E-state index in [1.165, 1.54) is 24.5 Å². The van der Waals surface area contributed by atoms with Gasteiger partial charge in [-0.05, 0) is 66.6 Å². The Morgan fingerprint density at radius 2 is 1.77 bits per heavy atom. The van der Waals surface area contributed by atoms with Crippen LogP contribution in [0, 0.1) is 0 Å². The van der Waals surface area contributed by atoms with Crippen LogP contribution in [0.4, 0.5) is 5.82 Å². The third-order valence-electron chi connectivity index (χ3n) is 5.09. The lowest BCUT2D eigenvalue weighted by atomic mass is 10.1. The number of nitrogens with one attached hydrogen (secondary N) is 1. The molecule has 1 aromatic heterocycles. The summed E-state index contributed by atoms with van der Waals surface area (Å²) in [7, 11) is -3.30. The van der Waals surface area contributed by atoms with Crippen LogP contribution in [-0.4, -0.2) is 41.4 Å². The predicted octanol–water partition coefficient (Wildman–Crippen LogP) is 3.48. The van der Waals surface area contributed by atoms with Gasteiger partial charge in [0.2, 0.25) is 0 Å². The number of sulfone groups is 1. The molecule has 0 saturated heterocycles. The average Bonchev–Trinajstić information content (AvgIpc) is 3.48. The first-order chi connectivity index (χ1) is 14.4. The number of amides is 1. The number of oxime groups is 1. The van der Waals surface area contributed by atoms with Gasteiger partial charge in [-0.3, -0.25) is 4.79 Å². The molecule has 1 heterocycles. The Morgan fingerprint density at radius 3 is 2.37 bits per heavy atom. The van der Waals surface area contributed by atoms with Crippen LogP contribution < -0.4 is 5.32 Å². The highest BCUT2D eigenvalue weighted by Gasteiger charge is 2.36. The fourth-order valence-corrected chi connectivity index (χ4v) is 5.13. The lowest BCUT2D eigenvalue weighted by Gasteiger charge is -2.11. The Hall–Kier alpha value is -2.33. The Balaban J connectivity index is 1.58. The van der Waals surface area contributed by atoms with E-state index in [1.807, 2.05) is 0 Å². The SMILES string of the molecule is O=C(Nc1cnc(Br)cn1)/C(=N/OC1CCCC1)c1ccc(S(=O)(=O)C2CC2)cc1. The lowest BCUT2D eigenvalue weighted by molar-refractivity contribution is -0.110. The highest BCUT2D eigenvalue weighted by Crippen LogP contribution is 2.33. The molecule has 8 nitrogen and oxygen atoms in total. The monoisotopic (exact) mass is 492 g/mol. The summed E-state index contributed by atoms with van der Waals surface area (Å²) in [5.41, 5.74) is 0.521. The Kier molecular flexibility index (Phi) is 6.14. The number of anilines is 1. The number of carbonyl (C=O) groups excluding carboxylic acids is 1. The van der Waals surface area contributed by atoms with Gasteiger partial charge in [0, 0.05) is 5.56 Å². The molecule has 0 unspecified atom stereocenters. The van der Waals surface area contributed by atoms with Crippen molar-refractivity contribution in [3.8, 4) is 0 Å². The zero-order chi connectivity index (χ0) is 21.1. The third-order valence-corrected chi connectivity index (χ3v) is 7.78. The largest absolute Gasteiger partial charge is 0.392 e. The zero-order valence-electron chi connectivity index (χ0n) is 16.1. The number of aromatic nitrogens is 2. The number of hydrogen-bond acceptors (Lipinski definition) is 7. The van der Waals surface area contributed by atoms with Gasteiger partial charge in [-0.1, -0.05) is 17.3 Å². The van der Waals surface area contributed by atoms with E-state index in [1.54, 1.807) is 12.1 Å². The second-order valence-corrected chi connectivity index (χ2v) is 10.4. The van der Waals surface area contributed by atoms with Gasteiger partial charge in [0.25, 0.3) is 5.91 Å². The van der Waals surface area contributed by atoms with Crippen LogP contribution in [-0.2, 0) is 19.5 Å². The van der Waals surface area contributed by atoms with E-state index >= 15 is 0 Å². The molecule has 4 rings (SSSR count). The van der Waals surface area contributed by atoms with Gasteiger partial charge in [-0.2, -0.15) is 0 Å². The lowest BCUT2D eigenvalue weighted by Crippen LogP contribution is -2.25. The summed E-state index contributed by atoms with van der Waals surface area (Å²) in [5.74, 6) is -0.243. The van der Waals surface area contributed by atoms with Gasteiger partial charge >= 0.3 is 0 Å². The highest BCUT2D eigenvalue weighted by atomic mass is 79.9. The molecule has 2 aliphatic carbocycles. The number of carbonyl (C=O) groups is 1. The molecule has 0 radical (unpaired) electrons. The molecule has 1 aromatic carbocycles. The second kappa shape index (κ2) is 8.81. The molecule has 1 N–H and O–H groups in total. The second-order valence-electron chi connectivity index (χ2n) is 7.40. The van der Waals surface area contributed by atoms with E-state index in [-0.39, 0.29) is 27.8 Å². The molecule has 10 heteroatoms. The number of halogens is 1. The molecule has 2 saturated carbocycles. The number of rotatable bonds is 7. The number of hydrogen-bond donors (Lipinski definition) is 1. The molecule has 0 bridgehead atoms. The van der Waals surface area contributed by atoms with Crippen molar-refractivity contribution in [3.63, 3.8) is 0 Å². The van der Waals surface area contributed by atoms with Gasteiger partial charge in [0.15, 0.2) is 21.4 Å². The summed E-state index contributed by atoms with van der Waals surface area (Å²) in [6.07, 6.45) is 8.21. The summed E-state index contributed by atoms with van der Waals surface area (Å²) < 4.78 is 25.4. The van der Waals surface area contributed by atoms with Crippen LogP contribution >= 0.6 is 15.9 Å². The van der Waals surface area contributed by atoms with Crippen molar-refractivity contribution in [2.75, 3.05) is 5.32 Å². The molecule has 0 aliphatic heterocycles. The first kappa shape index (κ1) is 20.9. The molecular weight excluding hydrogens is 472 g/mol. The molecule has 2 fully saturated rings. The fraction of sp³-hybridized carbons (Fsp3) is 0.400. The van der Waals surface area contributed by atoms with Gasteiger partial charge in [-0.25, -0.2) is 18.4 Å². The maximum atomic E-state index is 12.9. The van der Waals surface area contributed by atoms with Gasteiger partial charge in [0.1, 0.15) is 10.7 Å². The van der Waals surface area contributed by atoms with E-state index in [2.05, 4.69) is 36.4 Å². The molecule has 1 amide bonds. The van der Waals surface area contributed by atoms with Crippen molar-refractivity contribution in [2.45, 2.75) is 54.8 Å². The Labute approximate surface area is 183 Å². The van der Waals surface area contributed by atoms with Crippen LogP contribution in [0.25, 0.3) is 0 Å². The van der Waals surface area contributed by atoms with Crippen molar-refractivity contribution >= 4 is 43.2 Å². The summed E-state index contributed by atoms with van der Waals surface area (Å²) in [6, 6.07) is 6.19. The van der Waals surface area contributed by atoms with Gasteiger partial charge in [0.05, 0.1) is 22.5 Å². The van der Waals surface area contributed by atoms with Gasteiger partial charge < -0.3 is 10.2 Å². The minimum absolute atomic E-state index is 0.0187.